The average Bonchev–Trinajstić information content (AvgIpc) is 2.40. The van der Waals surface area contributed by atoms with Crippen molar-refractivity contribution in [2.45, 2.75) is 6.18 Å². The lowest BCUT2D eigenvalue weighted by atomic mass is 10.0. The van der Waals surface area contributed by atoms with Crippen LogP contribution in [0.15, 0.2) is 42.5 Å². The maximum absolute atomic E-state index is 12.4. The maximum Gasteiger partial charge on any atom is 0.416 e. The van der Waals surface area contributed by atoms with Crippen LogP contribution < -0.4 is 0 Å². The molecular weight excluding hydrogens is 404 g/mol. The molecule has 0 unspecified atom stereocenters. The van der Waals surface area contributed by atoms with Gasteiger partial charge in [0.2, 0.25) is 0 Å². The van der Waals surface area contributed by atoms with Gasteiger partial charge in [-0.2, -0.15) is 13.2 Å². The van der Waals surface area contributed by atoms with Gasteiger partial charge in [0.05, 0.1) is 10.6 Å². The number of carbonyl (C=O) groups is 1. The molecule has 0 fully saturated rings. The Morgan fingerprint density at radius 1 is 1.00 bits per heavy atom. The summed E-state index contributed by atoms with van der Waals surface area (Å²) in [4.78, 5) is 12.1. The smallest absolute Gasteiger partial charge is 0.289 e. The molecule has 0 amide bonds. The third kappa shape index (κ3) is 3.32. The summed E-state index contributed by atoms with van der Waals surface area (Å²) in [5, 5.41) is 0.434. The fraction of sp³-hybridized carbons (Fsp3) is 0.0714. The Kier molecular flexibility index (Phi) is 4.39. The van der Waals surface area contributed by atoms with Crippen molar-refractivity contribution in [3.63, 3.8) is 0 Å². The van der Waals surface area contributed by atoms with Crippen LogP contribution in [-0.2, 0) is 6.18 Å². The summed E-state index contributed by atoms with van der Waals surface area (Å²) in [5.74, 6) is -0.364. The van der Waals surface area contributed by atoms with Crippen molar-refractivity contribution in [3.05, 3.63) is 67.7 Å². The van der Waals surface area contributed by atoms with Gasteiger partial charge < -0.3 is 0 Å². The number of alkyl halides is 3. The van der Waals surface area contributed by atoms with Gasteiger partial charge >= 0.3 is 6.18 Å². The molecule has 2 aromatic carbocycles. The summed E-state index contributed by atoms with van der Waals surface area (Å²) in [7, 11) is 0. The quantitative estimate of drug-likeness (QED) is 0.492. The van der Waals surface area contributed by atoms with Crippen LogP contribution in [0.2, 0.25) is 5.02 Å². The molecule has 0 aliphatic rings. The van der Waals surface area contributed by atoms with Crippen LogP contribution in [0.3, 0.4) is 0 Å². The Bertz CT molecular complexity index is 650. The number of halogens is 5. The molecule has 6 heteroatoms. The first-order chi connectivity index (χ1) is 9.29. The first-order valence-electron chi connectivity index (χ1n) is 5.46. The van der Waals surface area contributed by atoms with Crippen LogP contribution in [0.5, 0.6) is 0 Å². The number of ketones is 1. The maximum atomic E-state index is 12.4. The number of rotatable bonds is 2. The van der Waals surface area contributed by atoms with Crippen LogP contribution in [0.4, 0.5) is 13.2 Å². The summed E-state index contributed by atoms with van der Waals surface area (Å²) in [6.07, 6.45) is -4.41. The normalized spacial score (nSPS) is 11.4. The van der Waals surface area contributed by atoms with Gasteiger partial charge in [0.15, 0.2) is 5.78 Å². The van der Waals surface area contributed by atoms with Crippen LogP contribution in [0, 0.1) is 3.57 Å². The Morgan fingerprint density at radius 2 is 1.55 bits per heavy atom. The predicted molar refractivity (Wildman–Crippen MR) is 79.0 cm³/mol. The molecule has 0 aromatic heterocycles. The van der Waals surface area contributed by atoms with Gasteiger partial charge in [-0.05, 0) is 52.9 Å². The summed E-state index contributed by atoms with van der Waals surface area (Å²) in [6.45, 7) is 0. The largest absolute Gasteiger partial charge is 0.416 e. The van der Waals surface area contributed by atoms with Crippen molar-refractivity contribution in [2.24, 2.45) is 0 Å². The van der Waals surface area contributed by atoms with Gasteiger partial charge in [0.1, 0.15) is 0 Å². The van der Waals surface area contributed by atoms with Crippen LogP contribution in [0.25, 0.3) is 0 Å². The summed E-state index contributed by atoms with van der Waals surface area (Å²) in [5.41, 5.74) is -0.250. The van der Waals surface area contributed by atoms with Gasteiger partial charge in [0, 0.05) is 14.7 Å². The zero-order valence-corrected chi connectivity index (χ0v) is 12.8. The summed E-state index contributed by atoms with van der Waals surface area (Å²) >= 11 is 7.95. The van der Waals surface area contributed by atoms with Gasteiger partial charge in [-0.3, -0.25) is 4.79 Å². The molecule has 0 N–H and O–H groups in total. The van der Waals surface area contributed by atoms with E-state index >= 15 is 0 Å². The van der Waals surface area contributed by atoms with Crippen LogP contribution in [0.1, 0.15) is 21.5 Å². The molecule has 20 heavy (non-hydrogen) atoms. The summed E-state index contributed by atoms with van der Waals surface area (Å²) in [6, 6.07) is 8.88. The number of hydrogen-bond donors (Lipinski definition) is 0. The van der Waals surface area contributed by atoms with E-state index in [2.05, 4.69) is 0 Å². The number of carbonyl (C=O) groups excluding carboxylic acids is 1. The van der Waals surface area contributed by atoms with Crippen molar-refractivity contribution in [3.8, 4) is 0 Å². The van der Waals surface area contributed by atoms with Gasteiger partial charge in [0.25, 0.3) is 0 Å². The lowest BCUT2D eigenvalue weighted by Crippen LogP contribution is -2.06. The molecule has 2 aromatic rings. The monoisotopic (exact) mass is 410 g/mol. The molecule has 0 heterocycles. The summed E-state index contributed by atoms with van der Waals surface area (Å²) < 4.78 is 38.1. The third-order valence-corrected chi connectivity index (χ3v) is 4.23. The lowest BCUT2D eigenvalue weighted by Gasteiger charge is -2.07. The number of hydrogen-bond acceptors (Lipinski definition) is 1. The third-order valence-electron chi connectivity index (χ3n) is 2.66. The Balaban J connectivity index is 2.31. The zero-order chi connectivity index (χ0) is 14.9. The van der Waals surface area contributed by atoms with Crippen molar-refractivity contribution in [2.75, 3.05) is 0 Å². The average molecular weight is 411 g/mol. The highest BCUT2D eigenvalue weighted by molar-refractivity contribution is 14.1. The molecule has 0 radical (unpaired) electrons. The molecular formula is C14H7ClF3IO. The predicted octanol–water partition coefficient (Wildman–Crippen LogP) is 5.19. The number of benzene rings is 2. The van der Waals surface area contributed by atoms with E-state index in [0.29, 0.717) is 10.6 Å². The van der Waals surface area contributed by atoms with Gasteiger partial charge in [-0.1, -0.05) is 23.7 Å². The highest BCUT2D eigenvalue weighted by Gasteiger charge is 2.30. The first kappa shape index (κ1) is 15.3. The molecule has 2 rings (SSSR count). The standard InChI is InChI=1S/C14H7ClF3IO/c15-11-7-9(3-6-12(11)19)13(20)8-1-4-10(5-2-8)14(16,17)18/h1-7H. The van der Waals surface area contributed by atoms with E-state index in [9.17, 15) is 18.0 Å². The van der Waals surface area contributed by atoms with E-state index in [4.69, 9.17) is 11.6 Å². The van der Waals surface area contributed by atoms with Crippen molar-refractivity contribution in [1.82, 2.24) is 0 Å². The molecule has 0 saturated carbocycles. The second kappa shape index (κ2) is 5.73. The van der Waals surface area contributed by atoms with E-state index in [1.165, 1.54) is 6.07 Å². The molecule has 0 aliphatic heterocycles. The molecule has 0 bridgehead atoms. The SMILES string of the molecule is O=C(c1ccc(C(F)(F)F)cc1)c1ccc(I)c(Cl)c1. The van der Waals surface area contributed by atoms with Crippen LogP contribution in [-0.4, -0.2) is 5.78 Å². The second-order valence-electron chi connectivity index (χ2n) is 4.03. The zero-order valence-electron chi connectivity index (χ0n) is 9.84. The van der Waals surface area contributed by atoms with E-state index < -0.39 is 11.7 Å². The fourth-order valence-corrected chi connectivity index (χ4v) is 2.13. The van der Waals surface area contributed by atoms with Gasteiger partial charge in [-0.15, -0.1) is 0 Å². The lowest BCUT2D eigenvalue weighted by molar-refractivity contribution is -0.137. The van der Waals surface area contributed by atoms with E-state index in [0.717, 1.165) is 27.8 Å². The topological polar surface area (TPSA) is 17.1 Å². The molecule has 1 nitrogen and oxygen atoms in total. The highest BCUT2D eigenvalue weighted by atomic mass is 127. The minimum absolute atomic E-state index is 0.190. The van der Waals surface area contributed by atoms with Crippen molar-refractivity contribution >= 4 is 40.0 Å². The molecule has 0 aliphatic carbocycles. The van der Waals surface area contributed by atoms with Crippen molar-refractivity contribution in [1.29, 1.82) is 0 Å². The Labute approximate surface area is 131 Å². The molecule has 0 atom stereocenters. The Hall–Kier alpha value is -1.08. The van der Waals surface area contributed by atoms with Gasteiger partial charge in [-0.25, -0.2) is 0 Å². The minimum Gasteiger partial charge on any atom is -0.289 e. The first-order valence-corrected chi connectivity index (χ1v) is 6.92. The van der Waals surface area contributed by atoms with Crippen LogP contribution >= 0.6 is 34.2 Å². The van der Waals surface area contributed by atoms with E-state index in [-0.39, 0.29) is 11.3 Å². The van der Waals surface area contributed by atoms with E-state index in [1.807, 2.05) is 22.6 Å². The highest BCUT2D eigenvalue weighted by Crippen LogP contribution is 2.29. The molecule has 0 spiro atoms. The molecule has 104 valence electrons. The molecule has 0 saturated heterocycles. The Morgan fingerprint density at radius 3 is 2.05 bits per heavy atom. The minimum atomic E-state index is -4.41. The second-order valence-corrected chi connectivity index (χ2v) is 5.60. The van der Waals surface area contributed by atoms with Crippen molar-refractivity contribution < 1.29 is 18.0 Å². The van der Waals surface area contributed by atoms with E-state index in [1.54, 1.807) is 12.1 Å². The fourth-order valence-electron chi connectivity index (χ4n) is 1.61.